The molecule has 4 aromatic carbocycles. The van der Waals surface area contributed by atoms with Gasteiger partial charge in [0.2, 0.25) is 0 Å². The van der Waals surface area contributed by atoms with Crippen LogP contribution >= 0.6 is 58.0 Å². The lowest BCUT2D eigenvalue weighted by Gasteiger charge is -2.11. The van der Waals surface area contributed by atoms with Crippen LogP contribution in [0.1, 0.15) is 11.1 Å². The highest BCUT2D eigenvalue weighted by Gasteiger charge is 2.14. The summed E-state index contributed by atoms with van der Waals surface area (Å²) in [5.41, 5.74) is 6.25. The van der Waals surface area contributed by atoms with Gasteiger partial charge in [0.1, 0.15) is 0 Å². The van der Waals surface area contributed by atoms with E-state index in [0.717, 1.165) is 44.2 Å². The molecule has 0 saturated carbocycles. The highest BCUT2D eigenvalue weighted by molar-refractivity contribution is 6.36. The van der Waals surface area contributed by atoms with Gasteiger partial charge in [-0.25, -0.2) is 9.97 Å². The lowest BCUT2D eigenvalue weighted by molar-refractivity contribution is 0.282. The van der Waals surface area contributed by atoms with Gasteiger partial charge in [-0.1, -0.05) is 107 Å². The molecule has 0 atom stereocenters. The zero-order chi connectivity index (χ0) is 28.2. The van der Waals surface area contributed by atoms with E-state index in [1.54, 1.807) is 12.1 Å². The van der Waals surface area contributed by atoms with Crippen molar-refractivity contribution in [1.82, 2.24) is 9.97 Å². The number of hydrogen-bond acceptors (Lipinski definition) is 3. The van der Waals surface area contributed by atoms with E-state index in [-0.39, 0.29) is 6.61 Å². The summed E-state index contributed by atoms with van der Waals surface area (Å²) in [5, 5.41) is 13.9. The highest BCUT2D eigenvalue weighted by Crippen LogP contribution is 2.34. The minimum Gasteiger partial charge on any atom is -0.392 e. The minimum atomic E-state index is -0.101. The van der Waals surface area contributed by atoms with Crippen LogP contribution in [0, 0.1) is 0 Å². The van der Waals surface area contributed by atoms with E-state index in [1.165, 1.54) is 0 Å². The van der Waals surface area contributed by atoms with Crippen LogP contribution < -0.4 is 0 Å². The molecular formula is C32H21Cl5N2O. The smallest absolute Gasteiger partial charge is 0.0895 e. The van der Waals surface area contributed by atoms with E-state index in [9.17, 15) is 5.11 Å². The molecule has 0 bridgehead atoms. The van der Waals surface area contributed by atoms with E-state index < -0.39 is 0 Å². The monoisotopic (exact) mass is 624 g/mol. The zero-order valence-corrected chi connectivity index (χ0v) is 24.7. The van der Waals surface area contributed by atoms with Crippen LogP contribution in [0.4, 0.5) is 0 Å². The molecule has 2 heterocycles. The second kappa shape index (κ2) is 12.7. The van der Waals surface area contributed by atoms with Crippen molar-refractivity contribution in [2.75, 3.05) is 0 Å². The molecule has 6 rings (SSSR count). The van der Waals surface area contributed by atoms with E-state index >= 15 is 0 Å². The first-order valence-electron chi connectivity index (χ1n) is 12.2. The zero-order valence-electron chi connectivity index (χ0n) is 20.9. The number of nitrogens with zero attached hydrogens (tertiary/aromatic N) is 2. The van der Waals surface area contributed by atoms with Crippen molar-refractivity contribution in [3.8, 4) is 22.5 Å². The van der Waals surface area contributed by atoms with Gasteiger partial charge in [0.05, 0.1) is 39.1 Å². The average Bonchev–Trinajstić information content (AvgIpc) is 2.97. The molecule has 8 heteroatoms. The van der Waals surface area contributed by atoms with Gasteiger partial charge in [-0.2, -0.15) is 0 Å². The maximum absolute atomic E-state index is 9.58. The second-order valence-electron chi connectivity index (χ2n) is 8.87. The SMILES string of the molecule is ClCc1cc2cccc(Cl)c2nc1-c1ccccc1Cl.OCc1cc2cccc(Cl)c2nc1-c1ccccc1Cl. The Labute approximate surface area is 256 Å². The predicted octanol–water partition coefficient (Wildman–Crippen LogP) is 10.6. The van der Waals surface area contributed by atoms with Crippen molar-refractivity contribution in [2.24, 2.45) is 0 Å². The number of benzene rings is 4. The van der Waals surface area contributed by atoms with E-state index in [1.807, 2.05) is 84.9 Å². The van der Waals surface area contributed by atoms with Gasteiger partial charge in [0.25, 0.3) is 0 Å². The van der Waals surface area contributed by atoms with Crippen molar-refractivity contribution in [3.63, 3.8) is 0 Å². The maximum atomic E-state index is 9.58. The predicted molar refractivity (Wildman–Crippen MR) is 170 cm³/mol. The molecule has 0 aliphatic heterocycles. The third kappa shape index (κ3) is 5.91. The van der Waals surface area contributed by atoms with E-state index in [4.69, 9.17) is 58.0 Å². The summed E-state index contributed by atoms with van der Waals surface area (Å²) >= 11 is 31.0. The summed E-state index contributed by atoms with van der Waals surface area (Å²) < 4.78 is 0. The second-order valence-corrected chi connectivity index (χ2v) is 10.8. The van der Waals surface area contributed by atoms with Gasteiger partial charge in [0.15, 0.2) is 0 Å². The Morgan fingerprint density at radius 2 is 0.950 bits per heavy atom. The molecule has 0 saturated heterocycles. The fourth-order valence-electron chi connectivity index (χ4n) is 4.41. The molecule has 0 spiro atoms. The molecule has 0 aliphatic rings. The number of hydrogen-bond donors (Lipinski definition) is 1. The van der Waals surface area contributed by atoms with Crippen LogP contribution in [0.3, 0.4) is 0 Å². The lowest BCUT2D eigenvalue weighted by Crippen LogP contribution is -1.95. The van der Waals surface area contributed by atoms with Crippen LogP contribution in [0.5, 0.6) is 0 Å². The third-order valence-corrected chi connectivity index (χ3v) is 7.88. The number of rotatable bonds is 4. The number of pyridine rings is 2. The Bertz CT molecular complexity index is 1710. The quantitative estimate of drug-likeness (QED) is 0.198. The van der Waals surface area contributed by atoms with Crippen molar-refractivity contribution >= 4 is 79.8 Å². The highest BCUT2D eigenvalue weighted by atomic mass is 35.5. The number of fused-ring (bicyclic) bond motifs is 2. The average molecular weight is 627 g/mol. The molecule has 2 aromatic heterocycles. The summed E-state index contributed by atoms with van der Waals surface area (Å²) in [6.45, 7) is -0.101. The molecular weight excluding hydrogens is 606 g/mol. The molecule has 40 heavy (non-hydrogen) atoms. The van der Waals surface area contributed by atoms with Crippen LogP contribution in [0.25, 0.3) is 44.3 Å². The number of aromatic nitrogens is 2. The molecule has 1 N–H and O–H groups in total. The standard InChI is InChI=1S/C16H10Cl3N.C16H11Cl2NO/c17-9-11-8-10-4-3-7-14(19)16(10)20-15(11)12-5-1-2-6-13(12)18;17-13-6-2-1-5-12(13)15-11(9-20)8-10-4-3-7-14(18)16(10)19-15/h1-8H,9H2;1-8,20H,9H2. The number of alkyl halides is 1. The molecule has 200 valence electrons. The van der Waals surface area contributed by atoms with Crippen LogP contribution in [0.15, 0.2) is 97.1 Å². The molecule has 0 aliphatic carbocycles. The summed E-state index contributed by atoms with van der Waals surface area (Å²) in [6, 6.07) is 30.2. The van der Waals surface area contributed by atoms with Crippen molar-refractivity contribution < 1.29 is 5.11 Å². The largest absolute Gasteiger partial charge is 0.392 e. The minimum absolute atomic E-state index is 0.101. The molecule has 0 radical (unpaired) electrons. The van der Waals surface area contributed by atoms with Gasteiger partial charge >= 0.3 is 0 Å². The fraction of sp³-hybridized carbons (Fsp3) is 0.0625. The number of aliphatic hydroxyl groups is 1. The summed E-state index contributed by atoms with van der Waals surface area (Å²) in [5.74, 6) is 0.371. The Morgan fingerprint density at radius 1 is 0.525 bits per heavy atom. The molecule has 0 unspecified atom stereocenters. The van der Waals surface area contributed by atoms with E-state index in [0.29, 0.717) is 37.2 Å². The van der Waals surface area contributed by atoms with Gasteiger partial charge in [-0.05, 0) is 42.0 Å². The normalized spacial score (nSPS) is 10.9. The maximum Gasteiger partial charge on any atom is 0.0895 e. The summed E-state index contributed by atoms with van der Waals surface area (Å²) in [7, 11) is 0. The molecule has 6 aromatic rings. The Kier molecular flexibility index (Phi) is 9.12. The van der Waals surface area contributed by atoms with Crippen LogP contribution in [0.2, 0.25) is 20.1 Å². The van der Waals surface area contributed by atoms with E-state index in [2.05, 4.69) is 9.97 Å². The summed E-state index contributed by atoms with van der Waals surface area (Å²) in [6.07, 6.45) is 0. The van der Waals surface area contributed by atoms with Crippen LogP contribution in [-0.2, 0) is 12.5 Å². The third-order valence-electron chi connectivity index (χ3n) is 6.32. The van der Waals surface area contributed by atoms with Crippen molar-refractivity contribution in [2.45, 2.75) is 12.5 Å². The number of halogens is 5. The van der Waals surface area contributed by atoms with Crippen molar-refractivity contribution in [1.29, 1.82) is 0 Å². The first kappa shape index (κ1) is 28.6. The first-order valence-corrected chi connectivity index (χ1v) is 14.3. The first-order chi connectivity index (χ1) is 19.4. The Hall–Kier alpha value is -2.89. The van der Waals surface area contributed by atoms with Crippen LogP contribution in [-0.4, -0.2) is 15.1 Å². The summed E-state index contributed by atoms with van der Waals surface area (Å²) in [4.78, 5) is 9.28. The van der Waals surface area contributed by atoms with Crippen molar-refractivity contribution in [3.05, 3.63) is 128 Å². The Morgan fingerprint density at radius 3 is 1.40 bits per heavy atom. The number of aliphatic hydroxyl groups excluding tert-OH is 1. The molecule has 3 nitrogen and oxygen atoms in total. The Balaban J connectivity index is 0.000000161. The van der Waals surface area contributed by atoms with Gasteiger partial charge in [0, 0.05) is 43.4 Å². The van der Waals surface area contributed by atoms with Gasteiger partial charge in [-0.3, -0.25) is 0 Å². The van der Waals surface area contributed by atoms with Gasteiger partial charge < -0.3 is 5.11 Å². The number of para-hydroxylation sites is 2. The fourth-order valence-corrected chi connectivity index (χ4v) is 5.51. The van der Waals surface area contributed by atoms with Gasteiger partial charge in [-0.15, -0.1) is 11.6 Å². The molecule has 0 amide bonds. The molecule has 0 fully saturated rings. The lowest BCUT2D eigenvalue weighted by atomic mass is 10.0. The topological polar surface area (TPSA) is 46.0 Å².